The number of nitrogens with one attached hydrogen (secondary N) is 3. The molecule has 3 N–H and O–H groups in total. The molecular formula is C17H18FN3O3S. The molecule has 0 bridgehead atoms. The third-order valence-electron chi connectivity index (χ3n) is 3.21. The third kappa shape index (κ3) is 6.00. The summed E-state index contributed by atoms with van der Waals surface area (Å²) in [5.41, 5.74) is 0.997. The van der Waals surface area contributed by atoms with E-state index in [2.05, 4.69) is 16.0 Å². The Morgan fingerprint density at radius 3 is 2.64 bits per heavy atom. The zero-order chi connectivity index (χ0) is 18.2. The molecule has 6 nitrogen and oxygen atoms in total. The maximum atomic E-state index is 13.5. The van der Waals surface area contributed by atoms with Crippen molar-refractivity contribution in [3.8, 4) is 0 Å². The highest BCUT2D eigenvalue weighted by molar-refractivity contribution is 7.08. The van der Waals surface area contributed by atoms with Gasteiger partial charge < -0.3 is 16.0 Å². The van der Waals surface area contributed by atoms with Crippen LogP contribution in [0.3, 0.4) is 0 Å². The van der Waals surface area contributed by atoms with Gasteiger partial charge in [0, 0.05) is 36.5 Å². The van der Waals surface area contributed by atoms with Crippen LogP contribution < -0.4 is 16.0 Å². The topological polar surface area (TPSA) is 87.3 Å². The lowest BCUT2D eigenvalue weighted by Gasteiger charge is -2.09. The minimum atomic E-state index is -0.579. The van der Waals surface area contributed by atoms with E-state index in [1.807, 2.05) is 5.38 Å². The number of hydrogen-bond donors (Lipinski definition) is 3. The van der Waals surface area contributed by atoms with E-state index in [0.29, 0.717) is 24.2 Å². The zero-order valence-electron chi connectivity index (χ0n) is 13.6. The van der Waals surface area contributed by atoms with Crippen LogP contribution in [0.1, 0.15) is 30.1 Å². The lowest BCUT2D eigenvalue weighted by Crippen LogP contribution is -2.25. The summed E-state index contributed by atoms with van der Waals surface area (Å²) in [5, 5.41) is 11.3. The van der Waals surface area contributed by atoms with E-state index in [-0.39, 0.29) is 23.9 Å². The van der Waals surface area contributed by atoms with Crippen molar-refractivity contribution >= 4 is 40.4 Å². The molecule has 1 heterocycles. The first-order valence-electron chi connectivity index (χ1n) is 7.63. The van der Waals surface area contributed by atoms with Crippen LogP contribution >= 0.6 is 11.3 Å². The first-order chi connectivity index (χ1) is 12.0. The molecule has 0 saturated heterocycles. The smallest absolute Gasteiger partial charge is 0.252 e. The monoisotopic (exact) mass is 363 g/mol. The van der Waals surface area contributed by atoms with E-state index < -0.39 is 11.7 Å². The fourth-order valence-corrected chi connectivity index (χ4v) is 2.69. The van der Waals surface area contributed by atoms with E-state index in [1.54, 1.807) is 11.4 Å². The fraction of sp³-hybridized carbons (Fsp3) is 0.235. The minimum absolute atomic E-state index is 0.00771. The van der Waals surface area contributed by atoms with Gasteiger partial charge in [0.1, 0.15) is 5.82 Å². The Hall–Kier alpha value is -2.74. The predicted molar refractivity (Wildman–Crippen MR) is 95.2 cm³/mol. The number of hydrogen-bond acceptors (Lipinski definition) is 4. The van der Waals surface area contributed by atoms with Crippen molar-refractivity contribution in [1.29, 1.82) is 0 Å². The first-order valence-corrected chi connectivity index (χ1v) is 8.57. The number of rotatable bonds is 7. The molecule has 0 spiro atoms. The largest absolute Gasteiger partial charge is 0.352 e. The van der Waals surface area contributed by atoms with E-state index in [4.69, 9.17) is 0 Å². The maximum absolute atomic E-state index is 13.5. The molecule has 0 fully saturated rings. The zero-order valence-corrected chi connectivity index (χ0v) is 14.4. The molecule has 0 unspecified atom stereocenters. The third-order valence-corrected chi connectivity index (χ3v) is 3.89. The normalized spacial score (nSPS) is 10.2. The highest BCUT2D eigenvalue weighted by Crippen LogP contribution is 2.19. The first kappa shape index (κ1) is 18.6. The van der Waals surface area contributed by atoms with E-state index in [1.165, 1.54) is 36.5 Å². The highest BCUT2D eigenvalue weighted by Gasteiger charge is 2.09. The standard InChI is InChI=1S/C17H18FN3O3S/c1-11(22)20-15-9-13(4-5-14(15)18)21-16(23)3-2-7-19-17(24)12-6-8-25-10-12/h4-6,8-10H,2-3,7H2,1H3,(H,19,24)(H,20,22)(H,21,23). The average Bonchev–Trinajstić information content (AvgIpc) is 3.08. The van der Waals surface area contributed by atoms with Crippen molar-refractivity contribution in [3.63, 3.8) is 0 Å². The fourth-order valence-electron chi connectivity index (χ4n) is 2.06. The summed E-state index contributed by atoms with van der Waals surface area (Å²) >= 11 is 1.44. The summed E-state index contributed by atoms with van der Waals surface area (Å²) in [6.07, 6.45) is 0.679. The predicted octanol–water partition coefficient (Wildman–Crippen LogP) is 2.99. The Bertz CT molecular complexity index is 763. The Labute approximate surface area is 148 Å². The lowest BCUT2D eigenvalue weighted by atomic mass is 10.2. The summed E-state index contributed by atoms with van der Waals surface area (Å²) in [7, 11) is 0. The number of carbonyl (C=O) groups is 3. The van der Waals surface area contributed by atoms with Gasteiger partial charge in [0.25, 0.3) is 5.91 Å². The molecule has 1 aromatic carbocycles. The molecule has 2 aromatic rings. The molecule has 2 rings (SSSR count). The van der Waals surface area contributed by atoms with Crippen LogP contribution in [0.4, 0.5) is 15.8 Å². The van der Waals surface area contributed by atoms with E-state index in [9.17, 15) is 18.8 Å². The van der Waals surface area contributed by atoms with Gasteiger partial charge in [0.2, 0.25) is 11.8 Å². The Balaban J connectivity index is 1.76. The van der Waals surface area contributed by atoms with E-state index in [0.717, 1.165) is 0 Å². The number of amides is 3. The summed E-state index contributed by atoms with van der Waals surface area (Å²) in [4.78, 5) is 34.6. The van der Waals surface area contributed by atoms with Gasteiger partial charge >= 0.3 is 0 Å². The average molecular weight is 363 g/mol. The van der Waals surface area contributed by atoms with Crippen molar-refractivity contribution in [2.75, 3.05) is 17.2 Å². The van der Waals surface area contributed by atoms with Crippen LogP contribution in [0.5, 0.6) is 0 Å². The highest BCUT2D eigenvalue weighted by atomic mass is 32.1. The molecule has 0 radical (unpaired) electrons. The van der Waals surface area contributed by atoms with Gasteiger partial charge in [-0.1, -0.05) is 0 Å². The molecule has 0 aliphatic heterocycles. The van der Waals surface area contributed by atoms with Crippen molar-refractivity contribution in [3.05, 3.63) is 46.4 Å². The van der Waals surface area contributed by atoms with Crippen LogP contribution in [0, 0.1) is 5.82 Å². The summed E-state index contributed by atoms with van der Waals surface area (Å²) in [6, 6.07) is 5.67. The summed E-state index contributed by atoms with van der Waals surface area (Å²) in [6.45, 7) is 1.65. The summed E-state index contributed by atoms with van der Waals surface area (Å²) < 4.78 is 13.5. The van der Waals surface area contributed by atoms with Crippen LogP contribution in [0.25, 0.3) is 0 Å². The van der Waals surface area contributed by atoms with Gasteiger partial charge in [0.05, 0.1) is 5.69 Å². The quantitative estimate of drug-likeness (QED) is 0.661. The van der Waals surface area contributed by atoms with Gasteiger partial charge in [-0.25, -0.2) is 4.39 Å². The van der Waals surface area contributed by atoms with Gasteiger partial charge in [-0.15, -0.1) is 0 Å². The number of thiophene rings is 1. The maximum Gasteiger partial charge on any atom is 0.252 e. The van der Waals surface area contributed by atoms with Crippen LogP contribution in [-0.2, 0) is 9.59 Å². The molecule has 0 aliphatic rings. The van der Waals surface area contributed by atoms with Crippen LogP contribution in [-0.4, -0.2) is 24.3 Å². The number of carbonyl (C=O) groups excluding carboxylic acids is 3. The second kappa shape index (κ2) is 8.93. The molecule has 0 aliphatic carbocycles. The second-order valence-electron chi connectivity index (χ2n) is 5.30. The molecule has 0 saturated carbocycles. The van der Waals surface area contributed by atoms with Crippen molar-refractivity contribution in [1.82, 2.24) is 5.32 Å². The molecule has 8 heteroatoms. The minimum Gasteiger partial charge on any atom is -0.352 e. The van der Waals surface area contributed by atoms with Crippen molar-refractivity contribution in [2.24, 2.45) is 0 Å². The van der Waals surface area contributed by atoms with Gasteiger partial charge in [0.15, 0.2) is 0 Å². The number of benzene rings is 1. The lowest BCUT2D eigenvalue weighted by molar-refractivity contribution is -0.116. The van der Waals surface area contributed by atoms with Gasteiger partial charge in [-0.2, -0.15) is 11.3 Å². The molecule has 0 atom stereocenters. The Morgan fingerprint density at radius 2 is 1.96 bits per heavy atom. The van der Waals surface area contributed by atoms with Crippen molar-refractivity contribution < 1.29 is 18.8 Å². The van der Waals surface area contributed by atoms with Crippen LogP contribution in [0.15, 0.2) is 35.0 Å². The Kier molecular flexibility index (Phi) is 6.64. The molecule has 3 amide bonds. The Morgan fingerprint density at radius 1 is 1.16 bits per heavy atom. The molecular weight excluding hydrogens is 345 g/mol. The summed E-state index contributed by atoms with van der Waals surface area (Å²) in [5.74, 6) is -1.40. The van der Waals surface area contributed by atoms with Gasteiger partial charge in [-0.3, -0.25) is 14.4 Å². The van der Waals surface area contributed by atoms with Crippen LogP contribution in [0.2, 0.25) is 0 Å². The molecule has 1 aromatic heterocycles. The van der Waals surface area contributed by atoms with Gasteiger partial charge in [-0.05, 0) is 36.1 Å². The molecule has 25 heavy (non-hydrogen) atoms. The van der Waals surface area contributed by atoms with Crippen molar-refractivity contribution in [2.45, 2.75) is 19.8 Å². The van der Waals surface area contributed by atoms with E-state index >= 15 is 0 Å². The SMILES string of the molecule is CC(=O)Nc1cc(NC(=O)CCCNC(=O)c2ccsc2)ccc1F. The molecule has 132 valence electrons. The number of halogens is 1. The number of anilines is 2. The second-order valence-corrected chi connectivity index (χ2v) is 6.08.